The second-order valence-corrected chi connectivity index (χ2v) is 15.7. The maximum absolute atomic E-state index is 12.5. The molecule has 0 fully saturated rings. The number of carbonyl (C=O) groups excluding carboxylic acids is 4. The van der Waals surface area contributed by atoms with Crippen LogP contribution < -0.4 is 9.47 Å². The first-order valence-electron chi connectivity index (χ1n) is 19.9. The van der Waals surface area contributed by atoms with Crippen LogP contribution in [-0.2, 0) is 43.5 Å². The summed E-state index contributed by atoms with van der Waals surface area (Å²) in [5.74, 6) is -1.24. The van der Waals surface area contributed by atoms with Crippen molar-refractivity contribution >= 4 is 23.9 Å². The van der Waals surface area contributed by atoms with E-state index < -0.39 is 41.5 Å². The minimum absolute atomic E-state index is 0.0796. The molecule has 0 saturated heterocycles. The van der Waals surface area contributed by atoms with E-state index in [0.717, 1.165) is 55.6 Å². The van der Waals surface area contributed by atoms with Crippen LogP contribution in [-0.4, -0.2) is 62.5 Å². The number of fused-ring (bicyclic) bond motifs is 3. The Morgan fingerprint density at radius 2 is 0.803 bits per heavy atom. The number of carbonyl (C=O) groups is 4. The number of ether oxygens (including phenoxy) is 6. The lowest BCUT2D eigenvalue weighted by atomic mass is 9.66. The number of hydrogen-bond acceptors (Lipinski definition) is 10. The number of esters is 4. The van der Waals surface area contributed by atoms with E-state index in [1.54, 1.807) is 13.8 Å². The zero-order chi connectivity index (χ0) is 44.8. The van der Waals surface area contributed by atoms with Crippen molar-refractivity contribution in [3.8, 4) is 22.6 Å². The topological polar surface area (TPSA) is 124 Å². The van der Waals surface area contributed by atoms with Crippen LogP contribution in [0, 0.1) is 27.7 Å². The molecule has 318 valence electrons. The maximum atomic E-state index is 12.5. The van der Waals surface area contributed by atoms with E-state index in [1.165, 1.54) is 13.8 Å². The minimum atomic E-state index is -0.905. The van der Waals surface area contributed by atoms with Gasteiger partial charge in [-0.25, -0.2) is 19.2 Å². The van der Waals surface area contributed by atoms with Crippen molar-refractivity contribution in [2.75, 3.05) is 26.4 Å². The van der Waals surface area contributed by atoms with Crippen molar-refractivity contribution in [2.24, 2.45) is 0 Å². The molecule has 2 unspecified atom stereocenters. The Balaban J connectivity index is 1.56. The third-order valence-electron chi connectivity index (χ3n) is 10.3. The summed E-state index contributed by atoms with van der Waals surface area (Å²) in [6, 6.07) is 25.3. The third kappa shape index (κ3) is 9.86. The van der Waals surface area contributed by atoms with Crippen molar-refractivity contribution in [3.05, 3.63) is 166 Å². The Bertz CT molecular complexity index is 2220. The van der Waals surface area contributed by atoms with E-state index in [2.05, 4.69) is 74.8 Å². The Morgan fingerprint density at radius 1 is 0.492 bits per heavy atom. The summed E-state index contributed by atoms with van der Waals surface area (Å²) >= 11 is 0. The molecule has 2 atom stereocenters. The molecule has 0 heterocycles. The van der Waals surface area contributed by atoms with E-state index in [4.69, 9.17) is 28.4 Å². The molecule has 0 aromatic heterocycles. The predicted octanol–water partition coefficient (Wildman–Crippen LogP) is 9.26. The van der Waals surface area contributed by atoms with Crippen LogP contribution in [0.5, 0.6) is 11.5 Å². The summed E-state index contributed by atoms with van der Waals surface area (Å²) in [6.45, 7) is 28.0. The van der Waals surface area contributed by atoms with Gasteiger partial charge in [0.05, 0.1) is 5.41 Å². The summed E-state index contributed by atoms with van der Waals surface area (Å²) in [5, 5.41) is 0. The lowest BCUT2D eigenvalue weighted by Crippen LogP contribution is -2.32. The molecule has 0 saturated carbocycles. The van der Waals surface area contributed by atoms with Gasteiger partial charge in [-0.1, -0.05) is 99.1 Å². The fraction of sp³-hybridized carbons (Fsp3) is 0.294. The van der Waals surface area contributed by atoms with Crippen molar-refractivity contribution in [3.63, 3.8) is 0 Å². The van der Waals surface area contributed by atoms with E-state index in [-0.39, 0.29) is 48.7 Å². The van der Waals surface area contributed by atoms with Crippen LogP contribution in [0.2, 0.25) is 0 Å². The fourth-order valence-electron chi connectivity index (χ4n) is 7.49. The first kappa shape index (κ1) is 45.4. The Hall–Kier alpha value is -6.68. The molecule has 4 aromatic carbocycles. The molecule has 1 aliphatic rings. The molecule has 10 nitrogen and oxygen atoms in total. The van der Waals surface area contributed by atoms with Gasteiger partial charge in [-0.3, -0.25) is 0 Å². The highest BCUT2D eigenvalue weighted by atomic mass is 16.6. The van der Waals surface area contributed by atoms with Crippen molar-refractivity contribution in [1.82, 2.24) is 0 Å². The first-order valence-corrected chi connectivity index (χ1v) is 19.9. The summed E-state index contributed by atoms with van der Waals surface area (Å²) in [6.07, 6.45) is -1.81. The number of benzene rings is 4. The summed E-state index contributed by atoms with van der Waals surface area (Å²) < 4.78 is 34.6. The Labute approximate surface area is 358 Å². The number of hydrogen-bond donors (Lipinski definition) is 0. The number of aryl methyl sites for hydroxylation is 4. The minimum Gasteiger partial charge on any atom is -0.489 e. The van der Waals surface area contributed by atoms with Gasteiger partial charge < -0.3 is 28.4 Å². The summed E-state index contributed by atoms with van der Waals surface area (Å²) in [5.41, 5.74) is 9.90. The molecule has 0 radical (unpaired) electrons. The van der Waals surface area contributed by atoms with E-state index in [9.17, 15) is 19.2 Å². The maximum Gasteiger partial charge on any atom is 0.333 e. The SMILES string of the molecule is C=C(C)C(=O)OCC(COc1c(C)cc(C2(c3cc(C)c(OCC(COC(=O)C(=C)C)OC(=O)C(=C)C)c(C)c3)c3ccccc3-c3ccccc32)cc1C)OC(=O)C(=C)C. The summed E-state index contributed by atoms with van der Waals surface area (Å²) in [4.78, 5) is 49.5. The Morgan fingerprint density at radius 3 is 1.11 bits per heavy atom. The molecular formula is C51H54O10. The summed E-state index contributed by atoms with van der Waals surface area (Å²) in [7, 11) is 0. The predicted molar refractivity (Wildman–Crippen MR) is 235 cm³/mol. The van der Waals surface area contributed by atoms with Crippen LogP contribution in [0.15, 0.2) is 121 Å². The first-order chi connectivity index (χ1) is 28.9. The molecule has 4 aromatic rings. The highest BCUT2D eigenvalue weighted by Crippen LogP contribution is 2.57. The van der Waals surface area contributed by atoms with Gasteiger partial charge in [-0.2, -0.15) is 0 Å². The van der Waals surface area contributed by atoms with Crippen LogP contribution >= 0.6 is 0 Å². The Kier molecular flexibility index (Phi) is 14.2. The molecule has 0 N–H and O–H groups in total. The largest absolute Gasteiger partial charge is 0.489 e. The van der Waals surface area contributed by atoms with Gasteiger partial charge in [0.15, 0.2) is 12.2 Å². The molecular weight excluding hydrogens is 773 g/mol. The average Bonchev–Trinajstić information content (AvgIpc) is 3.51. The lowest BCUT2D eigenvalue weighted by Gasteiger charge is -2.35. The average molecular weight is 827 g/mol. The van der Waals surface area contributed by atoms with Gasteiger partial charge in [-0.15, -0.1) is 0 Å². The van der Waals surface area contributed by atoms with Crippen LogP contribution in [0.1, 0.15) is 72.2 Å². The smallest absolute Gasteiger partial charge is 0.333 e. The standard InChI is InChI=1S/C51H54O10/c1-29(2)47(52)58-27-39(60-49(54)31(5)6)25-56-45-33(9)21-37(22-34(45)10)51(43-19-15-13-17-41(43)42-18-14-16-20-44(42)51)38-23-35(11)46(36(12)24-38)57-26-40(61-50(55)32(7)8)28-59-48(53)30(3)4/h13-24,39-40H,1,3,5,7,25-28H2,2,4,6,8-12H3. The third-order valence-corrected chi connectivity index (χ3v) is 10.3. The fourth-order valence-corrected chi connectivity index (χ4v) is 7.49. The number of rotatable bonds is 18. The van der Waals surface area contributed by atoms with Gasteiger partial charge in [-0.05, 0) is 111 Å². The normalized spacial score (nSPS) is 13.0. The monoisotopic (exact) mass is 826 g/mol. The molecule has 0 spiro atoms. The zero-order valence-corrected chi connectivity index (χ0v) is 36.3. The van der Waals surface area contributed by atoms with E-state index in [0.29, 0.717) is 11.5 Å². The van der Waals surface area contributed by atoms with Crippen molar-refractivity contribution in [1.29, 1.82) is 0 Å². The second kappa shape index (κ2) is 19.1. The second-order valence-electron chi connectivity index (χ2n) is 15.7. The van der Waals surface area contributed by atoms with Crippen LogP contribution in [0.4, 0.5) is 0 Å². The van der Waals surface area contributed by atoms with E-state index >= 15 is 0 Å². The van der Waals surface area contributed by atoms with Crippen LogP contribution in [0.25, 0.3) is 11.1 Å². The quantitative estimate of drug-likeness (QED) is 0.0480. The van der Waals surface area contributed by atoms with Gasteiger partial charge in [0.2, 0.25) is 0 Å². The molecule has 1 aliphatic carbocycles. The molecule has 10 heteroatoms. The highest BCUT2D eigenvalue weighted by Gasteiger charge is 2.46. The zero-order valence-electron chi connectivity index (χ0n) is 36.3. The molecule has 5 rings (SSSR count). The molecule has 61 heavy (non-hydrogen) atoms. The molecule has 0 aliphatic heterocycles. The van der Waals surface area contributed by atoms with E-state index in [1.807, 2.05) is 52.0 Å². The van der Waals surface area contributed by atoms with Gasteiger partial charge in [0, 0.05) is 22.3 Å². The lowest BCUT2D eigenvalue weighted by molar-refractivity contribution is -0.155. The highest BCUT2D eigenvalue weighted by molar-refractivity contribution is 5.89. The van der Waals surface area contributed by atoms with Gasteiger partial charge in [0.1, 0.15) is 37.9 Å². The van der Waals surface area contributed by atoms with Gasteiger partial charge in [0.25, 0.3) is 0 Å². The van der Waals surface area contributed by atoms with Crippen LogP contribution in [0.3, 0.4) is 0 Å². The van der Waals surface area contributed by atoms with Crippen molar-refractivity contribution < 1.29 is 47.6 Å². The van der Waals surface area contributed by atoms with Crippen molar-refractivity contribution in [2.45, 2.75) is 73.0 Å². The molecule has 0 bridgehead atoms. The van der Waals surface area contributed by atoms with Gasteiger partial charge >= 0.3 is 23.9 Å². The molecule has 0 amide bonds.